The standard InChI is InChI=1S/C5H3Br2F3N2/c1-12-4(7)2(6)3(11-12)5(8,9)10/h1H3. The van der Waals surface area contributed by atoms with Crippen LogP contribution >= 0.6 is 31.9 Å². The summed E-state index contributed by atoms with van der Waals surface area (Å²) in [6, 6.07) is 0. The number of aromatic nitrogens is 2. The summed E-state index contributed by atoms with van der Waals surface area (Å²) in [5.41, 5.74) is -0.920. The van der Waals surface area contributed by atoms with Gasteiger partial charge in [0.2, 0.25) is 0 Å². The molecule has 0 unspecified atom stereocenters. The molecule has 0 N–H and O–H groups in total. The maximum Gasteiger partial charge on any atom is 0.436 e. The number of alkyl halides is 3. The molecule has 12 heavy (non-hydrogen) atoms. The van der Waals surface area contributed by atoms with Crippen LogP contribution in [0.15, 0.2) is 9.08 Å². The second-order valence-corrected chi connectivity index (χ2v) is 3.62. The topological polar surface area (TPSA) is 17.8 Å². The number of rotatable bonds is 0. The van der Waals surface area contributed by atoms with Crippen LogP contribution in [0.25, 0.3) is 0 Å². The fourth-order valence-electron chi connectivity index (χ4n) is 0.659. The molecule has 68 valence electrons. The zero-order valence-electron chi connectivity index (χ0n) is 5.78. The first-order chi connectivity index (χ1) is 5.34. The minimum Gasteiger partial charge on any atom is -0.260 e. The summed E-state index contributed by atoms with van der Waals surface area (Å²) in [6.45, 7) is 0. The van der Waals surface area contributed by atoms with Crippen molar-refractivity contribution >= 4 is 31.9 Å². The Morgan fingerprint density at radius 2 is 1.83 bits per heavy atom. The van der Waals surface area contributed by atoms with Crippen molar-refractivity contribution in [2.75, 3.05) is 0 Å². The maximum atomic E-state index is 12.1. The summed E-state index contributed by atoms with van der Waals surface area (Å²) >= 11 is 5.73. The van der Waals surface area contributed by atoms with Crippen molar-refractivity contribution in [2.45, 2.75) is 6.18 Å². The summed E-state index contributed by atoms with van der Waals surface area (Å²) in [4.78, 5) is 0. The quantitative estimate of drug-likeness (QED) is 0.720. The van der Waals surface area contributed by atoms with Gasteiger partial charge in [0.1, 0.15) is 4.60 Å². The van der Waals surface area contributed by atoms with E-state index in [9.17, 15) is 13.2 Å². The molecule has 1 heterocycles. The molecule has 7 heteroatoms. The van der Waals surface area contributed by atoms with Crippen LogP contribution in [0.1, 0.15) is 5.69 Å². The summed E-state index contributed by atoms with van der Waals surface area (Å²) in [5.74, 6) is 0. The van der Waals surface area contributed by atoms with Crippen LogP contribution in [0.4, 0.5) is 13.2 Å². The Morgan fingerprint density at radius 3 is 2.00 bits per heavy atom. The highest BCUT2D eigenvalue weighted by Crippen LogP contribution is 2.37. The van der Waals surface area contributed by atoms with Crippen LogP contribution in [-0.2, 0) is 13.2 Å². The molecule has 0 saturated heterocycles. The SMILES string of the molecule is Cn1nc(C(F)(F)F)c(Br)c1Br. The lowest BCUT2D eigenvalue weighted by atomic mass is 10.4. The Kier molecular flexibility index (Phi) is 2.53. The summed E-state index contributed by atoms with van der Waals surface area (Å²) < 4.78 is 37.7. The molecule has 0 radical (unpaired) electrons. The third-order valence-electron chi connectivity index (χ3n) is 1.19. The predicted molar refractivity (Wildman–Crippen MR) is 43.6 cm³/mol. The van der Waals surface area contributed by atoms with Gasteiger partial charge in [-0.05, 0) is 31.9 Å². The van der Waals surface area contributed by atoms with Gasteiger partial charge in [0.15, 0.2) is 5.69 Å². The molecule has 0 aliphatic carbocycles. The molecular weight excluding hydrogens is 305 g/mol. The van der Waals surface area contributed by atoms with Gasteiger partial charge < -0.3 is 0 Å². The van der Waals surface area contributed by atoms with Gasteiger partial charge in [-0.2, -0.15) is 18.3 Å². The predicted octanol–water partition coefficient (Wildman–Crippen LogP) is 2.96. The molecule has 0 bridgehead atoms. The third kappa shape index (κ3) is 1.66. The van der Waals surface area contributed by atoms with Gasteiger partial charge in [0, 0.05) is 7.05 Å². The van der Waals surface area contributed by atoms with E-state index in [1.54, 1.807) is 0 Å². The zero-order chi connectivity index (χ0) is 9.52. The van der Waals surface area contributed by atoms with Crippen molar-refractivity contribution in [3.63, 3.8) is 0 Å². The highest BCUT2D eigenvalue weighted by Gasteiger charge is 2.37. The van der Waals surface area contributed by atoms with E-state index in [1.165, 1.54) is 7.05 Å². The first kappa shape index (κ1) is 10.0. The first-order valence-electron chi connectivity index (χ1n) is 2.79. The van der Waals surface area contributed by atoms with Gasteiger partial charge in [-0.1, -0.05) is 0 Å². The lowest BCUT2D eigenvalue weighted by Crippen LogP contribution is -2.07. The van der Waals surface area contributed by atoms with Crippen LogP contribution in [0.5, 0.6) is 0 Å². The van der Waals surface area contributed by atoms with Crippen LogP contribution in [-0.4, -0.2) is 9.78 Å². The summed E-state index contributed by atoms with van der Waals surface area (Å²) in [7, 11) is 1.42. The minimum atomic E-state index is -4.41. The van der Waals surface area contributed by atoms with Gasteiger partial charge in [0.05, 0.1) is 4.47 Å². The van der Waals surface area contributed by atoms with Crippen molar-refractivity contribution < 1.29 is 13.2 Å². The molecule has 1 aromatic rings. The molecule has 1 aromatic heterocycles. The van der Waals surface area contributed by atoms with Gasteiger partial charge in [-0.15, -0.1) is 0 Å². The zero-order valence-corrected chi connectivity index (χ0v) is 8.96. The molecule has 0 aromatic carbocycles. The number of hydrogen-bond acceptors (Lipinski definition) is 1. The van der Waals surface area contributed by atoms with E-state index in [1.807, 2.05) is 0 Å². The van der Waals surface area contributed by atoms with E-state index >= 15 is 0 Å². The molecule has 0 saturated carbocycles. The largest absolute Gasteiger partial charge is 0.436 e. The third-order valence-corrected chi connectivity index (χ3v) is 3.38. The lowest BCUT2D eigenvalue weighted by molar-refractivity contribution is -0.142. The van der Waals surface area contributed by atoms with Crippen molar-refractivity contribution in [3.8, 4) is 0 Å². The molecule has 2 nitrogen and oxygen atoms in total. The number of halogens is 5. The van der Waals surface area contributed by atoms with E-state index in [0.29, 0.717) is 0 Å². The van der Waals surface area contributed by atoms with E-state index in [0.717, 1.165) is 4.68 Å². The molecule has 0 spiro atoms. The second kappa shape index (κ2) is 3.02. The number of hydrogen-bond donors (Lipinski definition) is 0. The Hall–Kier alpha value is -0.0400. The normalized spacial score (nSPS) is 12.2. The maximum absolute atomic E-state index is 12.1. The van der Waals surface area contributed by atoms with Crippen LogP contribution < -0.4 is 0 Å². The molecule has 0 aliphatic heterocycles. The fraction of sp³-hybridized carbons (Fsp3) is 0.400. The highest BCUT2D eigenvalue weighted by molar-refractivity contribution is 9.13. The Bertz CT molecular complexity index is 304. The smallest absolute Gasteiger partial charge is 0.260 e. The molecule has 0 aliphatic rings. The lowest BCUT2D eigenvalue weighted by Gasteiger charge is -2.00. The van der Waals surface area contributed by atoms with Crippen LogP contribution in [0, 0.1) is 0 Å². The Morgan fingerprint density at radius 1 is 1.33 bits per heavy atom. The molecule has 1 rings (SSSR count). The van der Waals surface area contributed by atoms with Gasteiger partial charge in [0.25, 0.3) is 0 Å². The minimum absolute atomic E-state index is 0.0718. The number of aryl methyl sites for hydroxylation is 1. The number of nitrogens with zero attached hydrogens (tertiary/aromatic N) is 2. The van der Waals surface area contributed by atoms with Crippen molar-refractivity contribution in [2.24, 2.45) is 7.05 Å². The Labute approximate surface area is 83.0 Å². The molecular formula is C5H3Br2F3N2. The van der Waals surface area contributed by atoms with E-state index in [2.05, 4.69) is 37.0 Å². The molecule has 0 amide bonds. The summed E-state index contributed by atoms with van der Waals surface area (Å²) in [5, 5.41) is 3.28. The monoisotopic (exact) mass is 306 g/mol. The first-order valence-corrected chi connectivity index (χ1v) is 4.38. The van der Waals surface area contributed by atoms with Gasteiger partial charge >= 0.3 is 6.18 Å². The van der Waals surface area contributed by atoms with Crippen molar-refractivity contribution in [1.29, 1.82) is 0 Å². The van der Waals surface area contributed by atoms with Crippen LogP contribution in [0.3, 0.4) is 0 Å². The van der Waals surface area contributed by atoms with E-state index in [-0.39, 0.29) is 9.08 Å². The van der Waals surface area contributed by atoms with Crippen LogP contribution in [0.2, 0.25) is 0 Å². The van der Waals surface area contributed by atoms with Crippen molar-refractivity contribution in [1.82, 2.24) is 9.78 Å². The van der Waals surface area contributed by atoms with E-state index in [4.69, 9.17) is 0 Å². The highest BCUT2D eigenvalue weighted by atomic mass is 79.9. The Balaban J connectivity index is 3.28. The molecule has 0 fully saturated rings. The van der Waals surface area contributed by atoms with Crippen molar-refractivity contribution in [3.05, 3.63) is 14.8 Å². The average molecular weight is 308 g/mol. The van der Waals surface area contributed by atoms with Gasteiger partial charge in [-0.25, -0.2) is 0 Å². The fourth-order valence-corrected chi connectivity index (χ4v) is 1.49. The molecule has 0 atom stereocenters. The van der Waals surface area contributed by atoms with Gasteiger partial charge in [-0.3, -0.25) is 4.68 Å². The average Bonchev–Trinajstić information content (AvgIpc) is 2.15. The summed E-state index contributed by atoms with van der Waals surface area (Å²) in [6.07, 6.45) is -4.41. The van der Waals surface area contributed by atoms with E-state index < -0.39 is 11.9 Å². The second-order valence-electron chi connectivity index (χ2n) is 2.07.